The summed E-state index contributed by atoms with van der Waals surface area (Å²) in [6, 6.07) is 0. The minimum atomic E-state index is 0.986. The Morgan fingerprint density at radius 3 is 2.55 bits per heavy atom. The first-order valence-corrected chi connectivity index (χ1v) is 5.09. The molecule has 1 N–H and O–H groups in total. The molecule has 1 unspecified atom stereocenters. The highest BCUT2D eigenvalue weighted by atomic mass is 14.8. The van der Waals surface area contributed by atoms with Gasteiger partial charge in [-0.2, -0.15) is 0 Å². The van der Waals surface area contributed by atoms with E-state index in [1.807, 2.05) is 0 Å². The molecule has 0 amide bonds. The summed E-state index contributed by atoms with van der Waals surface area (Å²) >= 11 is 0. The Morgan fingerprint density at radius 1 is 1.36 bits per heavy atom. The lowest BCUT2D eigenvalue weighted by Crippen LogP contribution is -2.23. The minimum Gasteiger partial charge on any atom is -0.317 e. The maximum Gasteiger partial charge on any atom is -0.00180 e. The molecule has 1 aliphatic carbocycles. The van der Waals surface area contributed by atoms with E-state index in [-0.39, 0.29) is 0 Å². The number of hydrogen-bond acceptors (Lipinski definition) is 1. The molecule has 0 aromatic carbocycles. The zero-order valence-corrected chi connectivity index (χ0v) is 7.90. The molecule has 1 nitrogen and oxygen atoms in total. The van der Waals surface area contributed by atoms with Crippen LogP contribution in [-0.2, 0) is 0 Å². The van der Waals surface area contributed by atoms with E-state index in [1.54, 1.807) is 0 Å². The largest absolute Gasteiger partial charge is 0.317 e. The van der Waals surface area contributed by atoms with Crippen molar-refractivity contribution in [1.29, 1.82) is 0 Å². The van der Waals surface area contributed by atoms with E-state index in [0.717, 1.165) is 18.4 Å². The van der Waals surface area contributed by atoms with Gasteiger partial charge in [-0.3, -0.25) is 0 Å². The zero-order valence-electron chi connectivity index (χ0n) is 7.90. The highest BCUT2D eigenvalue weighted by Crippen LogP contribution is 2.38. The van der Waals surface area contributed by atoms with E-state index < -0.39 is 0 Å². The van der Waals surface area contributed by atoms with Crippen molar-refractivity contribution in [2.45, 2.75) is 39.5 Å². The van der Waals surface area contributed by atoms with Gasteiger partial charge in [0.05, 0.1) is 0 Å². The molecule has 0 aromatic heterocycles. The van der Waals surface area contributed by atoms with Gasteiger partial charge in [0.15, 0.2) is 0 Å². The lowest BCUT2D eigenvalue weighted by Gasteiger charge is -2.14. The van der Waals surface area contributed by atoms with Crippen LogP contribution < -0.4 is 5.32 Å². The van der Waals surface area contributed by atoms with Gasteiger partial charge < -0.3 is 5.32 Å². The summed E-state index contributed by atoms with van der Waals surface area (Å²) in [7, 11) is 0. The zero-order chi connectivity index (χ0) is 8.10. The van der Waals surface area contributed by atoms with Crippen LogP contribution in [0.5, 0.6) is 0 Å². The van der Waals surface area contributed by atoms with Gasteiger partial charge in [-0.1, -0.05) is 20.3 Å². The molecule has 1 heteroatoms. The van der Waals surface area contributed by atoms with Crippen molar-refractivity contribution >= 4 is 0 Å². The average molecular weight is 155 g/mol. The molecule has 11 heavy (non-hydrogen) atoms. The van der Waals surface area contributed by atoms with Crippen molar-refractivity contribution in [2.75, 3.05) is 13.1 Å². The summed E-state index contributed by atoms with van der Waals surface area (Å²) in [4.78, 5) is 0. The SMILES string of the molecule is CCCC(CNCC)C1CC1. The molecule has 66 valence electrons. The Bertz CT molecular complexity index is 97.0. The third kappa shape index (κ3) is 3.24. The van der Waals surface area contributed by atoms with Crippen molar-refractivity contribution in [3.8, 4) is 0 Å². The molecule has 1 saturated carbocycles. The molecular weight excluding hydrogens is 134 g/mol. The quantitative estimate of drug-likeness (QED) is 0.621. The smallest absolute Gasteiger partial charge is 0.00180 e. The Kier molecular flexibility index (Phi) is 3.92. The maximum absolute atomic E-state index is 3.45. The van der Waals surface area contributed by atoms with E-state index in [0.29, 0.717) is 0 Å². The fourth-order valence-corrected chi connectivity index (χ4v) is 1.77. The summed E-state index contributed by atoms with van der Waals surface area (Å²) in [5, 5.41) is 3.45. The summed E-state index contributed by atoms with van der Waals surface area (Å²) in [6.07, 6.45) is 5.77. The van der Waals surface area contributed by atoms with Crippen molar-refractivity contribution < 1.29 is 0 Å². The highest BCUT2D eigenvalue weighted by Gasteiger charge is 2.29. The first-order valence-electron chi connectivity index (χ1n) is 5.09. The minimum absolute atomic E-state index is 0.986. The van der Waals surface area contributed by atoms with Gasteiger partial charge >= 0.3 is 0 Å². The predicted molar refractivity (Wildman–Crippen MR) is 49.7 cm³/mol. The molecule has 0 saturated heterocycles. The molecule has 1 atom stereocenters. The van der Waals surface area contributed by atoms with Crippen LogP contribution in [0.25, 0.3) is 0 Å². The van der Waals surface area contributed by atoms with Gasteiger partial charge in [-0.15, -0.1) is 0 Å². The van der Waals surface area contributed by atoms with E-state index in [1.165, 1.54) is 32.2 Å². The molecule has 0 spiro atoms. The second-order valence-corrected chi connectivity index (χ2v) is 3.69. The molecule has 1 rings (SSSR count). The first-order chi connectivity index (χ1) is 5.38. The molecule has 1 fully saturated rings. The van der Waals surface area contributed by atoms with Crippen LogP contribution in [0.1, 0.15) is 39.5 Å². The lowest BCUT2D eigenvalue weighted by atomic mass is 9.98. The van der Waals surface area contributed by atoms with Gasteiger partial charge in [0.2, 0.25) is 0 Å². The van der Waals surface area contributed by atoms with Crippen LogP contribution in [0.4, 0.5) is 0 Å². The van der Waals surface area contributed by atoms with Crippen molar-refractivity contribution in [2.24, 2.45) is 11.8 Å². The van der Waals surface area contributed by atoms with Crippen molar-refractivity contribution in [1.82, 2.24) is 5.32 Å². The van der Waals surface area contributed by atoms with E-state index in [4.69, 9.17) is 0 Å². The first kappa shape index (κ1) is 9.05. The van der Waals surface area contributed by atoms with Gasteiger partial charge in [-0.05, 0) is 44.2 Å². The van der Waals surface area contributed by atoms with Gasteiger partial charge in [0, 0.05) is 0 Å². The molecule has 0 bridgehead atoms. The summed E-state index contributed by atoms with van der Waals surface area (Å²) in [6.45, 7) is 6.87. The lowest BCUT2D eigenvalue weighted by molar-refractivity contribution is 0.399. The van der Waals surface area contributed by atoms with Crippen LogP contribution in [0.15, 0.2) is 0 Å². The normalized spacial score (nSPS) is 20.2. The predicted octanol–water partition coefficient (Wildman–Crippen LogP) is 2.42. The Labute approximate surface area is 70.6 Å². The molecule has 0 aromatic rings. The Balaban J connectivity index is 2.10. The second kappa shape index (κ2) is 4.76. The second-order valence-electron chi connectivity index (χ2n) is 3.69. The molecular formula is C10H21N. The van der Waals surface area contributed by atoms with Crippen LogP contribution in [0, 0.1) is 11.8 Å². The van der Waals surface area contributed by atoms with Crippen LogP contribution in [0.2, 0.25) is 0 Å². The van der Waals surface area contributed by atoms with Gasteiger partial charge in [0.25, 0.3) is 0 Å². The number of hydrogen-bond donors (Lipinski definition) is 1. The standard InChI is InChI=1S/C10H21N/c1-3-5-10(8-11-4-2)9-6-7-9/h9-11H,3-8H2,1-2H3. The molecule has 1 aliphatic rings. The average Bonchev–Trinajstić information content (AvgIpc) is 2.80. The molecule has 0 aliphatic heterocycles. The number of nitrogens with one attached hydrogen (secondary N) is 1. The van der Waals surface area contributed by atoms with Gasteiger partial charge in [0.1, 0.15) is 0 Å². The highest BCUT2D eigenvalue weighted by molar-refractivity contribution is 4.82. The monoisotopic (exact) mass is 155 g/mol. The molecule has 0 radical (unpaired) electrons. The summed E-state index contributed by atoms with van der Waals surface area (Å²) < 4.78 is 0. The Hall–Kier alpha value is -0.0400. The van der Waals surface area contributed by atoms with Gasteiger partial charge in [-0.25, -0.2) is 0 Å². The summed E-state index contributed by atoms with van der Waals surface area (Å²) in [5.41, 5.74) is 0. The maximum atomic E-state index is 3.45. The fourth-order valence-electron chi connectivity index (χ4n) is 1.77. The Morgan fingerprint density at radius 2 is 2.09 bits per heavy atom. The topological polar surface area (TPSA) is 12.0 Å². The van der Waals surface area contributed by atoms with Crippen LogP contribution in [-0.4, -0.2) is 13.1 Å². The van der Waals surface area contributed by atoms with E-state index >= 15 is 0 Å². The summed E-state index contributed by atoms with van der Waals surface area (Å²) in [5.74, 6) is 2.06. The van der Waals surface area contributed by atoms with Crippen molar-refractivity contribution in [3.05, 3.63) is 0 Å². The molecule has 0 heterocycles. The van der Waals surface area contributed by atoms with E-state index in [2.05, 4.69) is 19.2 Å². The number of rotatable bonds is 6. The fraction of sp³-hybridized carbons (Fsp3) is 1.00. The third-order valence-corrected chi connectivity index (χ3v) is 2.60. The van der Waals surface area contributed by atoms with Crippen LogP contribution >= 0.6 is 0 Å². The third-order valence-electron chi connectivity index (χ3n) is 2.60. The van der Waals surface area contributed by atoms with Crippen molar-refractivity contribution in [3.63, 3.8) is 0 Å². The van der Waals surface area contributed by atoms with Crippen LogP contribution in [0.3, 0.4) is 0 Å². The van der Waals surface area contributed by atoms with E-state index in [9.17, 15) is 0 Å².